The molecule has 0 saturated heterocycles. The fraction of sp³-hybridized carbons (Fsp3) is 0.840. The Bertz CT molecular complexity index is 1290. The van der Waals surface area contributed by atoms with Gasteiger partial charge in [0.25, 0.3) is 7.82 Å². The first-order valence-corrected chi connectivity index (χ1v) is 26.4. The predicted octanol–water partition coefficient (Wildman–Crippen LogP) is 10.2. The Balaban J connectivity index is 2.41. The summed E-state index contributed by atoms with van der Waals surface area (Å²) in [4.78, 5) is 37.9. The number of likely N-dealkylation sites (N-methyl/N-ethyl adjacent to an activating group) is 1. The van der Waals surface area contributed by atoms with Gasteiger partial charge < -0.3 is 43.2 Å². The first kappa shape index (κ1) is 59.1. The predicted molar refractivity (Wildman–Crippen MR) is 252 cm³/mol. The summed E-state index contributed by atoms with van der Waals surface area (Å²) < 4.78 is 34.0. The Morgan fingerprint density at radius 3 is 1.89 bits per heavy atom. The first-order valence-electron chi connectivity index (χ1n) is 25.0. The van der Waals surface area contributed by atoms with Crippen LogP contribution in [0.4, 0.5) is 0 Å². The molecule has 1 saturated carbocycles. The Morgan fingerprint density at radius 2 is 1.27 bits per heavy atom. The Kier molecular flexibility index (Phi) is 34.9. The van der Waals surface area contributed by atoms with Crippen molar-refractivity contribution in [2.45, 2.75) is 212 Å². The summed E-state index contributed by atoms with van der Waals surface area (Å²) in [6.07, 6.45) is 35.1. The maximum absolute atomic E-state index is 12.8. The summed E-state index contributed by atoms with van der Waals surface area (Å²) in [5.74, 6) is -1.28. The molecule has 7 atom stereocenters. The zero-order valence-corrected chi connectivity index (χ0v) is 41.2. The lowest BCUT2D eigenvalue weighted by Gasteiger charge is -2.28. The van der Waals surface area contributed by atoms with E-state index in [1.165, 1.54) is 57.8 Å². The molecule has 13 heteroatoms. The molecular formula is C50H92NO11P. The number of rotatable bonds is 41. The number of hydrogen-bond donors (Lipinski definition) is 3. The summed E-state index contributed by atoms with van der Waals surface area (Å²) >= 11 is 0. The SMILES string of the molecule is CCCCC/C=C\C/C=C\CCCCCCCCCCCC(=O)OC[C@H](COP(=O)([O-])OCC[N+](C)(C)C)OC(=O)CCCCCC[C@@H]1[C@@H](/C=C/[C@@H](O)CCCCC)[C@H](O)C[C@@H]1O. The molecule has 1 rings (SSSR count). The smallest absolute Gasteiger partial charge is 0.306 e. The molecule has 0 aromatic carbocycles. The lowest BCUT2D eigenvalue weighted by atomic mass is 9.88. The lowest BCUT2D eigenvalue weighted by Crippen LogP contribution is -2.37. The van der Waals surface area contributed by atoms with Crippen molar-refractivity contribution in [2.75, 3.05) is 47.5 Å². The van der Waals surface area contributed by atoms with Gasteiger partial charge in [0.15, 0.2) is 6.10 Å². The van der Waals surface area contributed by atoms with Crippen LogP contribution in [0.2, 0.25) is 0 Å². The van der Waals surface area contributed by atoms with Gasteiger partial charge in [-0.15, -0.1) is 0 Å². The summed E-state index contributed by atoms with van der Waals surface area (Å²) in [5.41, 5.74) is 0. The fourth-order valence-corrected chi connectivity index (χ4v) is 8.51. The fourth-order valence-electron chi connectivity index (χ4n) is 7.78. The van der Waals surface area contributed by atoms with E-state index in [2.05, 4.69) is 38.2 Å². The van der Waals surface area contributed by atoms with Gasteiger partial charge in [0, 0.05) is 25.2 Å². The maximum atomic E-state index is 12.8. The van der Waals surface area contributed by atoms with Gasteiger partial charge in [0.1, 0.15) is 19.8 Å². The minimum atomic E-state index is -4.69. The van der Waals surface area contributed by atoms with E-state index in [4.69, 9.17) is 18.5 Å². The molecular weight excluding hydrogens is 822 g/mol. The van der Waals surface area contributed by atoms with E-state index in [0.29, 0.717) is 36.7 Å². The number of carbonyl (C=O) groups excluding carboxylic acids is 2. The standard InChI is InChI=1S/C50H92NO11P/c1-6-8-10-11-12-13-14-15-16-17-18-19-20-21-22-23-24-25-30-34-49(55)59-41-44(42-61-63(57,58)60-39-38-51(3,4)5)62-50(56)35-31-27-26-29-33-45-46(48(54)40-47(45)53)37-36-43(52)32-28-9-7-2/h12-13,15-16,36-37,43-48,52-54H,6-11,14,17-35,38-42H2,1-5H3/b13-12-,16-15-,37-36+/t43-,44+,45+,46+,47-,48+/m0/s1. The number of hydrogen-bond acceptors (Lipinski definition) is 11. The molecule has 0 amide bonds. The molecule has 0 aliphatic heterocycles. The Labute approximate surface area is 383 Å². The number of unbranched alkanes of at least 4 members (excludes halogenated alkanes) is 17. The van der Waals surface area contributed by atoms with Crippen molar-refractivity contribution in [3.8, 4) is 0 Å². The second kappa shape index (κ2) is 37.2. The zero-order valence-electron chi connectivity index (χ0n) is 40.4. The quantitative estimate of drug-likeness (QED) is 0.0175. The topological polar surface area (TPSA) is 172 Å². The van der Waals surface area contributed by atoms with Gasteiger partial charge in [-0.25, -0.2) is 0 Å². The van der Waals surface area contributed by atoms with E-state index in [9.17, 15) is 34.4 Å². The number of aliphatic hydroxyl groups excluding tert-OH is 3. The van der Waals surface area contributed by atoms with Crippen LogP contribution in [-0.4, -0.2) is 104 Å². The highest BCUT2D eigenvalue weighted by Crippen LogP contribution is 2.39. The molecule has 0 heterocycles. The van der Waals surface area contributed by atoms with Gasteiger partial charge >= 0.3 is 11.9 Å². The Hall–Kier alpha value is -1.89. The van der Waals surface area contributed by atoms with E-state index in [1.807, 2.05) is 27.2 Å². The van der Waals surface area contributed by atoms with Crippen LogP contribution < -0.4 is 4.89 Å². The van der Waals surface area contributed by atoms with E-state index >= 15 is 0 Å². The van der Waals surface area contributed by atoms with Gasteiger partial charge in [-0.2, -0.15) is 0 Å². The maximum Gasteiger partial charge on any atom is 0.306 e. The molecule has 1 fully saturated rings. The first-order chi connectivity index (χ1) is 30.2. The van der Waals surface area contributed by atoms with Crippen LogP contribution >= 0.6 is 7.82 Å². The average Bonchev–Trinajstić information content (AvgIpc) is 3.50. The van der Waals surface area contributed by atoms with Crippen LogP contribution in [0.1, 0.15) is 187 Å². The number of nitrogens with zero attached hydrogens (tertiary/aromatic N) is 1. The lowest BCUT2D eigenvalue weighted by molar-refractivity contribution is -0.870. The molecule has 1 unspecified atom stereocenters. The van der Waals surface area contributed by atoms with E-state index in [0.717, 1.165) is 77.0 Å². The zero-order chi connectivity index (χ0) is 46.6. The molecule has 63 heavy (non-hydrogen) atoms. The van der Waals surface area contributed by atoms with Gasteiger partial charge in [-0.1, -0.05) is 147 Å². The van der Waals surface area contributed by atoms with Crippen LogP contribution in [0.25, 0.3) is 0 Å². The summed E-state index contributed by atoms with van der Waals surface area (Å²) in [5, 5.41) is 31.5. The molecule has 1 aliphatic carbocycles. The highest BCUT2D eigenvalue weighted by Gasteiger charge is 2.39. The normalized spacial score (nSPS) is 20.2. The average molecular weight is 914 g/mol. The van der Waals surface area contributed by atoms with Crippen molar-refractivity contribution in [1.82, 2.24) is 0 Å². The minimum absolute atomic E-state index is 0.0702. The molecule has 0 aromatic rings. The number of phosphoric ester groups is 1. The van der Waals surface area contributed by atoms with Gasteiger partial charge in [0.2, 0.25) is 0 Å². The van der Waals surface area contributed by atoms with Crippen LogP contribution in [0.5, 0.6) is 0 Å². The van der Waals surface area contributed by atoms with E-state index in [-0.39, 0.29) is 37.9 Å². The van der Waals surface area contributed by atoms with Crippen molar-refractivity contribution in [1.29, 1.82) is 0 Å². The molecule has 12 nitrogen and oxygen atoms in total. The second-order valence-corrected chi connectivity index (χ2v) is 20.2. The molecule has 368 valence electrons. The van der Waals surface area contributed by atoms with E-state index in [1.54, 1.807) is 6.08 Å². The third-order valence-electron chi connectivity index (χ3n) is 11.7. The summed E-state index contributed by atoms with van der Waals surface area (Å²) in [7, 11) is 1.03. The molecule has 1 aliphatic rings. The number of allylic oxidation sites excluding steroid dienone is 4. The minimum Gasteiger partial charge on any atom is -0.756 e. The Morgan fingerprint density at radius 1 is 0.714 bits per heavy atom. The number of carbonyl (C=O) groups is 2. The van der Waals surface area contributed by atoms with E-state index < -0.39 is 50.8 Å². The van der Waals surface area contributed by atoms with Crippen LogP contribution in [0.3, 0.4) is 0 Å². The highest BCUT2D eigenvalue weighted by molar-refractivity contribution is 7.45. The van der Waals surface area contributed by atoms with Crippen molar-refractivity contribution >= 4 is 19.8 Å². The van der Waals surface area contributed by atoms with Crippen LogP contribution in [0.15, 0.2) is 36.5 Å². The molecule has 3 N–H and O–H groups in total. The van der Waals surface area contributed by atoms with Gasteiger partial charge in [0.05, 0.1) is 46.1 Å². The number of esters is 2. The van der Waals surface area contributed by atoms with Crippen LogP contribution in [-0.2, 0) is 32.7 Å². The summed E-state index contributed by atoms with van der Waals surface area (Å²) in [6.45, 7) is 3.87. The van der Waals surface area contributed by atoms with Crippen molar-refractivity contribution in [3.05, 3.63) is 36.5 Å². The molecule has 0 spiro atoms. The number of aliphatic hydroxyl groups is 3. The third kappa shape index (κ3) is 34.1. The highest BCUT2D eigenvalue weighted by atomic mass is 31.2. The third-order valence-corrected chi connectivity index (χ3v) is 12.7. The largest absolute Gasteiger partial charge is 0.756 e. The van der Waals surface area contributed by atoms with Crippen molar-refractivity contribution in [3.63, 3.8) is 0 Å². The van der Waals surface area contributed by atoms with Crippen molar-refractivity contribution in [2.24, 2.45) is 11.8 Å². The second-order valence-electron chi connectivity index (χ2n) is 18.8. The molecule has 0 aromatic heterocycles. The van der Waals surface area contributed by atoms with Gasteiger partial charge in [-0.05, 0) is 63.7 Å². The monoisotopic (exact) mass is 914 g/mol. The number of quaternary nitrogens is 1. The number of ether oxygens (including phenoxy) is 2. The molecule has 0 radical (unpaired) electrons. The van der Waals surface area contributed by atoms with Crippen molar-refractivity contribution < 1.29 is 57.4 Å². The van der Waals surface area contributed by atoms with Gasteiger partial charge in [-0.3, -0.25) is 14.2 Å². The molecule has 0 bridgehead atoms. The summed E-state index contributed by atoms with van der Waals surface area (Å²) in [6, 6.07) is 0. The van der Waals surface area contributed by atoms with Crippen LogP contribution in [0, 0.1) is 11.8 Å². The number of phosphoric acid groups is 1.